The van der Waals surface area contributed by atoms with E-state index >= 15 is 0 Å². The van der Waals surface area contributed by atoms with E-state index in [4.69, 9.17) is 4.74 Å². The van der Waals surface area contributed by atoms with E-state index in [0.717, 1.165) is 0 Å². The van der Waals surface area contributed by atoms with Crippen LogP contribution in [0.3, 0.4) is 0 Å². The molecular formula is C13H11FN2O3. The van der Waals surface area contributed by atoms with Crippen molar-refractivity contribution in [3.63, 3.8) is 0 Å². The molecule has 1 aromatic heterocycles. The molecule has 0 bridgehead atoms. The number of hydrogen-bond donors (Lipinski definition) is 0. The average Bonchev–Trinajstić information content (AvgIpc) is 2.84. The van der Waals surface area contributed by atoms with Crippen molar-refractivity contribution < 1.29 is 18.7 Å². The molecule has 19 heavy (non-hydrogen) atoms. The van der Waals surface area contributed by atoms with Crippen molar-refractivity contribution >= 4 is 12.3 Å². The summed E-state index contributed by atoms with van der Waals surface area (Å²) in [7, 11) is 0. The monoisotopic (exact) mass is 262 g/mol. The molecule has 0 aliphatic carbocycles. The van der Waals surface area contributed by atoms with E-state index in [1.54, 1.807) is 6.92 Å². The van der Waals surface area contributed by atoms with Crippen LogP contribution in [0.1, 0.15) is 27.8 Å². The first-order valence-corrected chi connectivity index (χ1v) is 5.63. The highest BCUT2D eigenvalue weighted by molar-refractivity contribution is 5.96. The zero-order chi connectivity index (χ0) is 13.8. The first kappa shape index (κ1) is 12.9. The Labute approximate surface area is 108 Å². The summed E-state index contributed by atoms with van der Waals surface area (Å²) in [6, 6.07) is 5.51. The minimum absolute atomic E-state index is 0.0545. The summed E-state index contributed by atoms with van der Waals surface area (Å²) in [4.78, 5) is 22.5. The molecule has 2 rings (SSSR count). The van der Waals surface area contributed by atoms with Gasteiger partial charge in [-0.3, -0.25) is 4.79 Å². The maximum Gasteiger partial charge on any atom is 0.359 e. The summed E-state index contributed by atoms with van der Waals surface area (Å²) in [5.41, 5.74) is 0.615. The van der Waals surface area contributed by atoms with Crippen molar-refractivity contribution in [1.29, 1.82) is 0 Å². The number of carbonyl (C=O) groups is 2. The third-order valence-corrected chi connectivity index (χ3v) is 2.43. The van der Waals surface area contributed by atoms with Crippen molar-refractivity contribution in [1.82, 2.24) is 9.78 Å². The summed E-state index contributed by atoms with van der Waals surface area (Å²) in [6.45, 7) is 1.86. The van der Waals surface area contributed by atoms with Gasteiger partial charge in [0.15, 0.2) is 12.0 Å². The van der Waals surface area contributed by atoms with Gasteiger partial charge >= 0.3 is 5.97 Å². The van der Waals surface area contributed by atoms with E-state index in [2.05, 4.69) is 5.10 Å². The molecule has 0 aliphatic rings. The number of nitrogens with zero attached hydrogens (tertiary/aromatic N) is 2. The molecule has 1 aromatic carbocycles. The lowest BCUT2D eigenvalue weighted by Crippen LogP contribution is -2.08. The zero-order valence-electron chi connectivity index (χ0n) is 10.2. The second-order valence-electron chi connectivity index (χ2n) is 3.69. The SMILES string of the molecule is CCOC(=O)c1nn(-c2ccc(F)cc2)cc1C=O. The second-order valence-corrected chi connectivity index (χ2v) is 3.69. The second kappa shape index (κ2) is 5.43. The van der Waals surface area contributed by atoms with Crippen molar-refractivity contribution in [2.75, 3.05) is 6.61 Å². The van der Waals surface area contributed by atoms with Crippen LogP contribution in [0.25, 0.3) is 5.69 Å². The number of aldehydes is 1. The van der Waals surface area contributed by atoms with E-state index in [9.17, 15) is 14.0 Å². The van der Waals surface area contributed by atoms with E-state index in [1.165, 1.54) is 35.1 Å². The number of ether oxygens (including phenoxy) is 1. The number of aromatic nitrogens is 2. The Morgan fingerprint density at radius 2 is 2.11 bits per heavy atom. The van der Waals surface area contributed by atoms with Crippen LogP contribution in [-0.2, 0) is 4.74 Å². The highest BCUT2D eigenvalue weighted by Gasteiger charge is 2.18. The molecule has 6 heteroatoms. The quantitative estimate of drug-likeness (QED) is 0.624. The van der Waals surface area contributed by atoms with Gasteiger partial charge in [-0.25, -0.2) is 13.9 Å². The molecule has 0 unspecified atom stereocenters. The molecule has 1 heterocycles. The standard InChI is InChI=1S/C13H11FN2O3/c1-2-19-13(18)12-9(8-17)7-16(15-12)11-5-3-10(14)4-6-11/h3-8H,2H2,1H3. The minimum atomic E-state index is -0.662. The minimum Gasteiger partial charge on any atom is -0.461 e. The Balaban J connectivity index is 2.40. The normalized spacial score (nSPS) is 10.2. The Kier molecular flexibility index (Phi) is 3.70. The molecule has 0 fully saturated rings. The summed E-state index contributed by atoms with van der Waals surface area (Å²) in [5.74, 6) is -1.04. The number of esters is 1. The molecule has 0 saturated carbocycles. The molecule has 0 spiro atoms. The molecule has 0 amide bonds. The van der Waals surface area contributed by atoms with Gasteiger partial charge in [0.05, 0.1) is 17.9 Å². The van der Waals surface area contributed by atoms with Crippen LogP contribution in [0.4, 0.5) is 4.39 Å². The van der Waals surface area contributed by atoms with E-state index < -0.39 is 5.97 Å². The molecule has 2 aromatic rings. The lowest BCUT2D eigenvalue weighted by molar-refractivity contribution is 0.0517. The Hall–Kier alpha value is -2.50. The molecule has 5 nitrogen and oxygen atoms in total. The number of hydrogen-bond acceptors (Lipinski definition) is 4. The van der Waals surface area contributed by atoms with Gasteiger partial charge in [-0.05, 0) is 31.2 Å². The van der Waals surface area contributed by atoms with Gasteiger partial charge in [0.2, 0.25) is 0 Å². The van der Waals surface area contributed by atoms with Crippen molar-refractivity contribution in [3.8, 4) is 5.69 Å². The largest absolute Gasteiger partial charge is 0.461 e. The third kappa shape index (κ3) is 2.67. The van der Waals surface area contributed by atoms with Gasteiger partial charge in [0.25, 0.3) is 0 Å². The van der Waals surface area contributed by atoms with Crippen molar-refractivity contribution in [2.45, 2.75) is 6.92 Å². The first-order valence-electron chi connectivity index (χ1n) is 5.63. The van der Waals surface area contributed by atoms with Crippen molar-refractivity contribution in [2.24, 2.45) is 0 Å². The lowest BCUT2D eigenvalue weighted by Gasteiger charge is -2.00. The van der Waals surface area contributed by atoms with Gasteiger partial charge in [-0.2, -0.15) is 5.10 Å². The van der Waals surface area contributed by atoms with Crippen LogP contribution >= 0.6 is 0 Å². The third-order valence-electron chi connectivity index (χ3n) is 2.43. The molecule has 0 N–H and O–H groups in total. The highest BCUT2D eigenvalue weighted by atomic mass is 19.1. The number of halogens is 1. The molecular weight excluding hydrogens is 251 g/mol. The first-order chi connectivity index (χ1) is 9.15. The fourth-order valence-electron chi connectivity index (χ4n) is 1.56. The van der Waals surface area contributed by atoms with Crippen LogP contribution in [0.5, 0.6) is 0 Å². The fourth-order valence-corrected chi connectivity index (χ4v) is 1.56. The highest BCUT2D eigenvalue weighted by Crippen LogP contribution is 2.13. The molecule has 0 saturated heterocycles. The summed E-state index contributed by atoms with van der Waals surface area (Å²) < 4.78 is 19.0. The van der Waals surface area contributed by atoms with Crippen LogP contribution in [0.2, 0.25) is 0 Å². The van der Waals surface area contributed by atoms with Gasteiger partial charge in [0, 0.05) is 6.20 Å². The number of rotatable bonds is 4. The van der Waals surface area contributed by atoms with Crippen molar-refractivity contribution in [3.05, 3.63) is 47.5 Å². The maximum absolute atomic E-state index is 12.8. The topological polar surface area (TPSA) is 61.2 Å². The fraction of sp³-hybridized carbons (Fsp3) is 0.154. The Bertz CT molecular complexity index is 605. The van der Waals surface area contributed by atoms with Crippen LogP contribution in [-0.4, -0.2) is 28.6 Å². The van der Waals surface area contributed by atoms with Crippen LogP contribution in [0, 0.1) is 5.82 Å². The summed E-state index contributed by atoms with van der Waals surface area (Å²) >= 11 is 0. The Morgan fingerprint density at radius 1 is 1.42 bits per heavy atom. The number of benzene rings is 1. The predicted molar refractivity (Wildman–Crippen MR) is 64.9 cm³/mol. The predicted octanol–water partition coefficient (Wildman–Crippen LogP) is 2.00. The zero-order valence-corrected chi connectivity index (χ0v) is 10.2. The van der Waals surface area contributed by atoms with E-state index in [1.807, 2.05) is 0 Å². The van der Waals surface area contributed by atoms with Gasteiger partial charge in [-0.15, -0.1) is 0 Å². The van der Waals surface area contributed by atoms with Gasteiger partial charge in [0.1, 0.15) is 5.82 Å². The lowest BCUT2D eigenvalue weighted by atomic mass is 10.3. The maximum atomic E-state index is 12.8. The molecule has 98 valence electrons. The molecule has 0 radical (unpaired) electrons. The van der Waals surface area contributed by atoms with Crippen LogP contribution in [0.15, 0.2) is 30.5 Å². The smallest absolute Gasteiger partial charge is 0.359 e. The molecule has 0 atom stereocenters. The van der Waals surface area contributed by atoms with E-state index in [0.29, 0.717) is 12.0 Å². The molecule has 0 aliphatic heterocycles. The van der Waals surface area contributed by atoms with Crippen LogP contribution < -0.4 is 0 Å². The summed E-state index contributed by atoms with van der Waals surface area (Å²) in [5, 5.41) is 3.99. The van der Waals surface area contributed by atoms with Gasteiger partial charge in [-0.1, -0.05) is 0 Å². The average molecular weight is 262 g/mol. The number of carbonyl (C=O) groups excluding carboxylic acids is 2. The summed E-state index contributed by atoms with van der Waals surface area (Å²) in [6.07, 6.45) is 1.92. The Morgan fingerprint density at radius 3 is 2.68 bits per heavy atom. The van der Waals surface area contributed by atoms with Gasteiger partial charge < -0.3 is 4.74 Å². The van der Waals surface area contributed by atoms with E-state index in [-0.39, 0.29) is 23.7 Å².